The summed E-state index contributed by atoms with van der Waals surface area (Å²) in [6.07, 6.45) is 0.194. The number of piperidine rings is 1. The highest BCUT2D eigenvalue weighted by Gasteiger charge is 2.21. The van der Waals surface area contributed by atoms with Crippen molar-refractivity contribution < 1.29 is 19.4 Å². The fourth-order valence-corrected chi connectivity index (χ4v) is 2.98. The highest BCUT2D eigenvalue weighted by Crippen LogP contribution is 2.19. The van der Waals surface area contributed by atoms with Crippen LogP contribution in [-0.4, -0.2) is 41.3 Å². The Hall–Kier alpha value is -3.22. The number of nitrogens with zero attached hydrogens (tertiary/aromatic N) is 1. The molecule has 0 atom stereocenters. The van der Waals surface area contributed by atoms with Crippen molar-refractivity contribution in [1.82, 2.24) is 4.90 Å². The second kappa shape index (κ2) is 8.93. The van der Waals surface area contributed by atoms with E-state index >= 15 is 0 Å². The first-order chi connectivity index (χ1) is 13.1. The van der Waals surface area contributed by atoms with E-state index in [4.69, 9.17) is 9.84 Å². The molecule has 0 aliphatic carbocycles. The Bertz CT molecular complexity index is 757. The van der Waals surface area contributed by atoms with Gasteiger partial charge in [-0.25, -0.2) is 9.59 Å². The molecule has 1 aliphatic rings. The summed E-state index contributed by atoms with van der Waals surface area (Å²) in [5, 5.41) is 15.1. The lowest BCUT2D eigenvalue weighted by atomic mass is 10.1. The number of anilines is 2. The van der Waals surface area contributed by atoms with Crippen molar-refractivity contribution >= 4 is 23.6 Å². The van der Waals surface area contributed by atoms with E-state index in [1.165, 1.54) is 4.90 Å². The van der Waals surface area contributed by atoms with E-state index in [0.717, 1.165) is 24.1 Å². The van der Waals surface area contributed by atoms with Gasteiger partial charge in [0.2, 0.25) is 0 Å². The highest BCUT2D eigenvalue weighted by molar-refractivity contribution is 5.84. The van der Waals surface area contributed by atoms with Gasteiger partial charge in [0.25, 0.3) is 0 Å². The molecule has 2 aromatic rings. The number of likely N-dealkylation sites (tertiary alicyclic amines) is 1. The number of rotatable bonds is 5. The molecule has 2 amide bonds. The summed E-state index contributed by atoms with van der Waals surface area (Å²) in [5.74, 6) is 0. The molecule has 142 valence electrons. The number of carboxylic acid groups (broad SMARTS) is 1. The maximum atomic E-state index is 11.9. The second-order valence-corrected chi connectivity index (χ2v) is 6.45. The Kier molecular flexibility index (Phi) is 6.14. The van der Waals surface area contributed by atoms with Gasteiger partial charge >= 0.3 is 12.2 Å². The van der Waals surface area contributed by atoms with E-state index in [9.17, 15) is 9.59 Å². The Morgan fingerprint density at radius 2 is 1.63 bits per heavy atom. The lowest BCUT2D eigenvalue weighted by Gasteiger charge is -2.31. The molecule has 2 aromatic carbocycles. The van der Waals surface area contributed by atoms with Crippen molar-refractivity contribution in [2.24, 2.45) is 0 Å². The van der Waals surface area contributed by atoms with Crippen LogP contribution in [0.1, 0.15) is 18.4 Å². The predicted molar refractivity (Wildman–Crippen MR) is 103 cm³/mol. The molecule has 0 spiro atoms. The van der Waals surface area contributed by atoms with Gasteiger partial charge in [0, 0.05) is 30.5 Å². The fourth-order valence-electron chi connectivity index (χ4n) is 2.98. The van der Waals surface area contributed by atoms with Crippen molar-refractivity contribution in [2.45, 2.75) is 25.5 Å². The zero-order valence-electron chi connectivity index (χ0n) is 14.9. The average Bonchev–Trinajstić information content (AvgIpc) is 2.69. The molecular formula is C20H23N3O4. The van der Waals surface area contributed by atoms with Crippen LogP contribution in [0.15, 0.2) is 54.6 Å². The Morgan fingerprint density at radius 3 is 2.26 bits per heavy atom. The summed E-state index contributed by atoms with van der Waals surface area (Å²) in [4.78, 5) is 24.2. The van der Waals surface area contributed by atoms with Crippen molar-refractivity contribution in [3.05, 3.63) is 60.2 Å². The van der Waals surface area contributed by atoms with Gasteiger partial charge in [-0.05, 0) is 42.7 Å². The number of ether oxygens (including phenoxy) is 1. The van der Waals surface area contributed by atoms with Gasteiger partial charge in [0.1, 0.15) is 6.61 Å². The summed E-state index contributed by atoms with van der Waals surface area (Å²) >= 11 is 0. The van der Waals surface area contributed by atoms with Crippen LogP contribution in [0.5, 0.6) is 0 Å². The van der Waals surface area contributed by atoms with Gasteiger partial charge in [-0.15, -0.1) is 0 Å². The van der Waals surface area contributed by atoms with Crippen LogP contribution in [0.25, 0.3) is 0 Å². The molecule has 1 aliphatic heterocycles. The van der Waals surface area contributed by atoms with Crippen LogP contribution in [0.4, 0.5) is 21.0 Å². The number of nitrogens with one attached hydrogen (secondary N) is 2. The zero-order valence-corrected chi connectivity index (χ0v) is 14.9. The lowest BCUT2D eigenvalue weighted by molar-refractivity contribution is 0.133. The van der Waals surface area contributed by atoms with Crippen LogP contribution in [0.2, 0.25) is 0 Å². The monoisotopic (exact) mass is 369 g/mol. The van der Waals surface area contributed by atoms with Gasteiger partial charge < -0.3 is 20.1 Å². The topological polar surface area (TPSA) is 90.9 Å². The van der Waals surface area contributed by atoms with Gasteiger partial charge in [0.15, 0.2) is 0 Å². The first kappa shape index (κ1) is 18.6. The molecule has 7 nitrogen and oxygen atoms in total. The SMILES string of the molecule is O=C(Nc1ccc(NC2CCN(C(=O)O)CC2)cc1)OCc1ccccc1. The largest absolute Gasteiger partial charge is 0.465 e. The molecule has 1 saturated heterocycles. The van der Waals surface area contributed by atoms with E-state index in [2.05, 4.69) is 10.6 Å². The number of amides is 2. The third-order valence-corrected chi connectivity index (χ3v) is 4.48. The molecule has 0 saturated carbocycles. The third kappa shape index (κ3) is 5.64. The Morgan fingerprint density at radius 1 is 1.00 bits per heavy atom. The molecule has 0 radical (unpaired) electrons. The quantitative estimate of drug-likeness (QED) is 0.741. The van der Waals surface area contributed by atoms with Crippen LogP contribution >= 0.6 is 0 Å². The zero-order chi connectivity index (χ0) is 19.1. The number of hydrogen-bond acceptors (Lipinski definition) is 4. The summed E-state index contributed by atoms with van der Waals surface area (Å²) in [6, 6.07) is 17.1. The molecule has 7 heteroatoms. The molecule has 1 heterocycles. The molecule has 27 heavy (non-hydrogen) atoms. The van der Waals surface area contributed by atoms with Crippen LogP contribution in [0.3, 0.4) is 0 Å². The fraction of sp³-hybridized carbons (Fsp3) is 0.300. The van der Waals surface area contributed by atoms with E-state index in [1.807, 2.05) is 42.5 Å². The minimum absolute atomic E-state index is 0.224. The molecule has 0 bridgehead atoms. The standard InChI is InChI=1S/C20H23N3O4/c24-19(27-14-15-4-2-1-3-5-15)22-17-8-6-16(7-9-17)21-18-10-12-23(13-11-18)20(25)26/h1-9,18,21H,10-14H2,(H,22,24)(H,25,26). The van der Waals surface area contributed by atoms with Gasteiger partial charge in [0.05, 0.1) is 0 Å². The van der Waals surface area contributed by atoms with Crippen LogP contribution < -0.4 is 10.6 Å². The van der Waals surface area contributed by atoms with E-state index in [0.29, 0.717) is 18.8 Å². The number of benzene rings is 2. The molecule has 0 unspecified atom stereocenters. The van der Waals surface area contributed by atoms with Crippen molar-refractivity contribution in [2.75, 3.05) is 23.7 Å². The van der Waals surface area contributed by atoms with Crippen LogP contribution in [-0.2, 0) is 11.3 Å². The van der Waals surface area contributed by atoms with E-state index in [-0.39, 0.29) is 12.6 Å². The van der Waals surface area contributed by atoms with Gasteiger partial charge in [-0.2, -0.15) is 0 Å². The first-order valence-corrected chi connectivity index (χ1v) is 8.92. The maximum Gasteiger partial charge on any atom is 0.411 e. The second-order valence-electron chi connectivity index (χ2n) is 6.45. The minimum atomic E-state index is -0.858. The maximum absolute atomic E-state index is 11.9. The highest BCUT2D eigenvalue weighted by atomic mass is 16.5. The average molecular weight is 369 g/mol. The molecule has 3 rings (SSSR count). The van der Waals surface area contributed by atoms with Crippen LogP contribution in [0, 0.1) is 0 Å². The lowest BCUT2D eigenvalue weighted by Crippen LogP contribution is -2.41. The Labute approximate surface area is 157 Å². The normalized spacial score (nSPS) is 14.4. The van der Waals surface area contributed by atoms with Gasteiger partial charge in [-0.3, -0.25) is 5.32 Å². The number of hydrogen-bond donors (Lipinski definition) is 3. The minimum Gasteiger partial charge on any atom is -0.465 e. The Balaban J connectivity index is 1.43. The number of carbonyl (C=O) groups is 2. The number of carbonyl (C=O) groups excluding carboxylic acids is 1. The first-order valence-electron chi connectivity index (χ1n) is 8.92. The van der Waals surface area contributed by atoms with Crippen molar-refractivity contribution in [3.63, 3.8) is 0 Å². The van der Waals surface area contributed by atoms with E-state index < -0.39 is 12.2 Å². The third-order valence-electron chi connectivity index (χ3n) is 4.48. The molecule has 3 N–H and O–H groups in total. The van der Waals surface area contributed by atoms with Crippen molar-refractivity contribution in [1.29, 1.82) is 0 Å². The summed E-state index contributed by atoms with van der Waals surface area (Å²) in [6.45, 7) is 1.31. The summed E-state index contributed by atoms with van der Waals surface area (Å²) < 4.78 is 5.19. The predicted octanol–water partition coefficient (Wildman–Crippen LogP) is 3.99. The summed E-state index contributed by atoms with van der Waals surface area (Å²) in [5.41, 5.74) is 2.52. The summed E-state index contributed by atoms with van der Waals surface area (Å²) in [7, 11) is 0. The smallest absolute Gasteiger partial charge is 0.411 e. The van der Waals surface area contributed by atoms with Gasteiger partial charge in [-0.1, -0.05) is 30.3 Å². The molecule has 0 aromatic heterocycles. The van der Waals surface area contributed by atoms with Crippen molar-refractivity contribution in [3.8, 4) is 0 Å². The molecular weight excluding hydrogens is 346 g/mol. The molecule has 1 fully saturated rings. The van der Waals surface area contributed by atoms with E-state index in [1.54, 1.807) is 12.1 Å².